The summed E-state index contributed by atoms with van der Waals surface area (Å²) in [6, 6.07) is 5.10. The number of hydrogen-bond donors (Lipinski definition) is 0. The summed E-state index contributed by atoms with van der Waals surface area (Å²) >= 11 is 0. The second kappa shape index (κ2) is 5.36. The quantitative estimate of drug-likeness (QED) is 0.747. The second-order valence-electron chi connectivity index (χ2n) is 5.68. The predicted molar refractivity (Wildman–Crippen MR) is 82.4 cm³/mol. The van der Waals surface area contributed by atoms with Crippen LogP contribution in [0, 0.1) is 12.7 Å². The minimum Gasteiger partial charge on any atom is -0.294 e. The molecule has 3 aromatic rings. The molecule has 0 fully saturated rings. The third-order valence-electron chi connectivity index (χ3n) is 3.66. The summed E-state index contributed by atoms with van der Waals surface area (Å²) < 4.78 is 16.8. The van der Waals surface area contributed by atoms with Crippen LogP contribution < -0.4 is 5.56 Å². The minimum absolute atomic E-state index is 0.131. The number of benzene rings is 1. The number of aryl methyl sites for hydroxylation is 1. The lowest BCUT2D eigenvalue weighted by Crippen LogP contribution is -2.21. The maximum absolute atomic E-state index is 13.6. The second-order valence-corrected chi connectivity index (χ2v) is 5.68. The number of fused-ring (bicyclic) bond motifs is 1. The summed E-state index contributed by atoms with van der Waals surface area (Å²) in [6.07, 6.45) is 3.03. The van der Waals surface area contributed by atoms with Gasteiger partial charge in [0.25, 0.3) is 5.56 Å². The molecule has 2 heterocycles. The van der Waals surface area contributed by atoms with E-state index in [-0.39, 0.29) is 24.0 Å². The minimum atomic E-state index is -0.271. The molecule has 114 valence electrons. The van der Waals surface area contributed by atoms with Gasteiger partial charge in [-0.1, -0.05) is 12.1 Å². The van der Waals surface area contributed by atoms with Crippen LogP contribution in [0.2, 0.25) is 0 Å². The smallest absolute Gasteiger partial charge is 0.264 e. The SMILES string of the molecule is Cc1ccc(Cn2cnc3c(cnn3C(C)C)c2=O)cc1F. The fraction of sp³-hybridized carbons (Fsp3) is 0.312. The summed E-state index contributed by atoms with van der Waals surface area (Å²) in [5.41, 5.74) is 1.72. The van der Waals surface area contributed by atoms with Crippen LogP contribution in [0.3, 0.4) is 0 Å². The van der Waals surface area contributed by atoms with Gasteiger partial charge in [-0.25, -0.2) is 14.1 Å². The number of nitrogens with zero attached hydrogens (tertiary/aromatic N) is 4. The van der Waals surface area contributed by atoms with Crippen molar-refractivity contribution in [3.05, 3.63) is 58.0 Å². The van der Waals surface area contributed by atoms with Crippen LogP contribution in [-0.2, 0) is 6.54 Å². The highest BCUT2D eigenvalue weighted by molar-refractivity contribution is 5.73. The molecule has 1 aromatic carbocycles. The molecule has 0 aliphatic carbocycles. The van der Waals surface area contributed by atoms with Crippen LogP contribution in [-0.4, -0.2) is 19.3 Å². The van der Waals surface area contributed by atoms with Gasteiger partial charge in [0.2, 0.25) is 0 Å². The molecule has 2 aromatic heterocycles. The standard InChI is InChI=1S/C16H17FN4O/c1-10(2)21-15-13(7-19-21)16(22)20(9-18-15)8-12-5-4-11(3)14(17)6-12/h4-7,9-10H,8H2,1-3H3. The van der Waals surface area contributed by atoms with Gasteiger partial charge in [0, 0.05) is 6.04 Å². The molecule has 0 saturated heterocycles. The molecule has 0 saturated carbocycles. The maximum atomic E-state index is 13.6. The monoisotopic (exact) mass is 300 g/mol. The van der Waals surface area contributed by atoms with Gasteiger partial charge in [-0.15, -0.1) is 0 Å². The first-order chi connectivity index (χ1) is 10.5. The first-order valence-electron chi connectivity index (χ1n) is 7.15. The van der Waals surface area contributed by atoms with Gasteiger partial charge < -0.3 is 0 Å². The summed E-state index contributed by atoms with van der Waals surface area (Å²) in [7, 11) is 0. The van der Waals surface area contributed by atoms with Gasteiger partial charge in [-0.2, -0.15) is 5.10 Å². The van der Waals surface area contributed by atoms with E-state index in [1.54, 1.807) is 17.7 Å². The van der Waals surface area contributed by atoms with E-state index in [1.807, 2.05) is 19.9 Å². The van der Waals surface area contributed by atoms with Gasteiger partial charge in [-0.3, -0.25) is 9.36 Å². The molecule has 5 nitrogen and oxygen atoms in total. The topological polar surface area (TPSA) is 52.7 Å². The summed E-state index contributed by atoms with van der Waals surface area (Å²) in [4.78, 5) is 16.8. The van der Waals surface area contributed by atoms with Gasteiger partial charge >= 0.3 is 0 Å². The third-order valence-corrected chi connectivity index (χ3v) is 3.66. The van der Waals surface area contributed by atoms with Crippen LogP contribution in [0.4, 0.5) is 4.39 Å². The zero-order valence-electron chi connectivity index (χ0n) is 12.7. The molecule has 3 rings (SSSR count). The number of hydrogen-bond acceptors (Lipinski definition) is 3. The first kappa shape index (κ1) is 14.4. The van der Waals surface area contributed by atoms with E-state index < -0.39 is 0 Å². The highest BCUT2D eigenvalue weighted by Crippen LogP contribution is 2.13. The third kappa shape index (κ3) is 2.41. The van der Waals surface area contributed by atoms with E-state index in [9.17, 15) is 9.18 Å². The largest absolute Gasteiger partial charge is 0.294 e. The Morgan fingerprint density at radius 2 is 2.09 bits per heavy atom. The molecule has 22 heavy (non-hydrogen) atoms. The normalized spacial score (nSPS) is 11.5. The molecular formula is C16H17FN4O. The molecular weight excluding hydrogens is 283 g/mol. The molecule has 0 aliphatic heterocycles. The highest BCUT2D eigenvalue weighted by atomic mass is 19.1. The molecule has 0 radical (unpaired) electrons. The van der Waals surface area contributed by atoms with Crippen LogP contribution in [0.15, 0.2) is 35.5 Å². The molecule has 0 N–H and O–H groups in total. The van der Waals surface area contributed by atoms with E-state index in [1.165, 1.54) is 23.2 Å². The van der Waals surface area contributed by atoms with E-state index in [4.69, 9.17) is 0 Å². The average molecular weight is 300 g/mol. The van der Waals surface area contributed by atoms with Crippen LogP contribution in [0.5, 0.6) is 0 Å². The fourth-order valence-electron chi connectivity index (χ4n) is 2.39. The Kier molecular flexibility index (Phi) is 3.52. The molecule has 0 bridgehead atoms. The zero-order valence-corrected chi connectivity index (χ0v) is 12.7. The molecule has 6 heteroatoms. The Hall–Kier alpha value is -2.50. The average Bonchev–Trinajstić information content (AvgIpc) is 2.91. The Morgan fingerprint density at radius 1 is 1.32 bits per heavy atom. The van der Waals surface area contributed by atoms with Crippen molar-refractivity contribution in [2.24, 2.45) is 0 Å². The number of halogens is 1. The van der Waals surface area contributed by atoms with Crippen molar-refractivity contribution in [2.75, 3.05) is 0 Å². The summed E-state index contributed by atoms with van der Waals surface area (Å²) in [5, 5.41) is 4.69. The van der Waals surface area contributed by atoms with Crippen molar-refractivity contribution in [3.63, 3.8) is 0 Å². The van der Waals surface area contributed by atoms with Crippen molar-refractivity contribution in [1.29, 1.82) is 0 Å². The van der Waals surface area contributed by atoms with E-state index in [0.29, 0.717) is 16.6 Å². The van der Waals surface area contributed by atoms with Crippen LogP contribution in [0.25, 0.3) is 11.0 Å². The van der Waals surface area contributed by atoms with Gasteiger partial charge in [-0.05, 0) is 38.0 Å². The Bertz CT molecular complexity index is 895. The van der Waals surface area contributed by atoms with Crippen LogP contribution >= 0.6 is 0 Å². The van der Waals surface area contributed by atoms with Crippen molar-refractivity contribution in [3.8, 4) is 0 Å². The van der Waals surface area contributed by atoms with Crippen molar-refractivity contribution in [2.45, 2.75) is 33.4 Å². The fourth-order valence-corrected chi connectivity index (χ4v) is 2.39. The number of rotatable bonds is 3. The molecule has 0 atom stereocenters. The summed E-state index contributed by atoms with van der Waals surface area (Å²) in [6.45, 7) is 5.95. The molecule has 0 unspecified atom stereocenters. The maximum Gasteiger partial charge on any atom is 0.264 e. The lowest BCUT2D eigenvalue weighted by Gasteiger charge is -2.08. The highest BCUT2D eigenvalue weighted by Gasteiger charge is 2.12. The zero-order chi connectivity index (χ0) is 15.9. The molecule has 0 spiro atoms. The summed E-state index contributed by atoms with van der Waals surface area (Å²) in [5.74, 6) is -0.271. The van der Waals surface area contributed by atoms with E-state index in [0.717, 1.165) is 5.56 Å². The van der Waals surface area contributed by atoms with E-state index >= 15 is 0 Å². The molecule has 0 aliphatic rings. The van der Waals surface area contributed by atoms with Crippen LogP contribution in [0.1, 0.15) is 31.0 Å². The Balaban J connectivity index is 2.03. The van der Waals surface area contributed by atoms with Crippen molar-refractivity contribution < 1.29 is 4.39 Å². The van der Waals surface area contributed by atoms with Crippen molar-refractivity contribution >= 4 is 11.0 Å². The predicted octanol–water partition coefficient (Wildman–Crippen LogP) is 2.67. The number of aromatic nitrogens is 4. The Morgan fingerprint density at radius 3 is 2.77 bits per heavy atom. The van der Waals surface area contributed by atoms with Gasteiger partial charge in [0.05, 0.1) is 12.7 Å². The Labute approximate surface area is 127 Å². The van der Waals surface area contributed by atoms with Crippen molar-refractivity contribution in [1.82, 2.24) is 19.3 Å². The molecule has 0 amide bonds. The lowest BCUT2D eigenvalue weighted by atomic mass is 10.1. The van der Waals surface area contributed by atoms with Gasteiger partial charge in [0.1, 0.15) is 17.5 Å². The van der Waals surface area contributed by atoms with E-state index in [2.05, 4.69) is 10.1 Å². The first-order valence-corrected chi connectivity index (χ1v) is 7.15. The lowest BCUT2D eigenvalue weighted by molar-refractivity contribution is 0.545. The van der Waals surface area contributed by atoms with Gasteiger partial charge in [0.15, 0.2) is 5.65 Å².